The Morgan fingerprint density at radius 1 is 1.00 bits per heavy atom. The van der Waals surface area contributed by atoms with Crippen LogP contribution in [0.25, 0.3) is 0 Å². The number of nitrogens with zero attached hydrogens (tertiary/aromatic N) is 1. The van der Waals surface area contributed by atoms with Gasteiger partial charge in [0.1, 0.15) is 0 Å². The van der Waals surface area contributed by atoms with Crippen LogP contribution in [0.15, 0.2) is 54.6 Å². The molecule has 0 saturated carbocycles. The minimum absolute atomic E-state index is 0.0881. The summed E-state index contributed by atoms with van der Waals surface area (Å²) in [7, 11) is 0. The quantitative estimate of drug-likeness (QED) is 0.942. The van der Waals surface area contributed by atoms with E-state index in [1.54, 1.807) is 0 Å². The lowest BCUT2D eigenvalue weighted by molar-refractivity contribution is -0.0545. The number of β-amino-alcohol motifs (C(OH)–C–C–N with tert-alkyl or cyclic N) is 1. The Kier molecular flexibility index (Phi) is 4.17. The summed E-state index contributed by atoms with van der Waals surface area (Å²) in [4.78, 5) is 2.28. The fourth-order valence-corrected chi connectivity index (χ4v) is 3.81. The molecule has 3 nitrogen and oxygen atoms in total. The highest BCUT2D eigenvalue weighted by Crippen LogP contribution is 2.35. The first-order chi connectivity index (χ1) is 11.3. The minimum atomic E-state index is -0.397. The highest BCUT2D eigenvalue weighted by atomic mass is 16.5. The molecule has 0 aromatic heterocycles. The molecule has 2 aromatic carbocycles. The van der Waals surface area contributed by atoms with Gasteiger partial charge in [-0.15, -0.1) is 0 Å². The summed E-state index contributed by atoms with van der Waals surface area (Å²) in [6.45, 7) is 2.36. The van der Waals surface area contributed by atoms with Crippen molar-refractivity contribution in [3.8, 4) is 0 Å². The number of aliphatic hydroxyl groups is 1. The first-order valence-corrected chi connectivity index (χ1v) is 8.47. The topological polar surface area (TPSA) is 32.7 Å². The first-order valence-electron chi connectivity index (χ1n) is 8.47. The molecule has 0 spiro atoms. The third-order valence-electron chi connectivity index (χ3n) is 4.98. The number of hydrogen-bond acceptors (Lipinski definition) is 3. The number of ether oxygens (including phenoxy) is 1. The van der Waals surface area contributed by atoms with Crippen molar-refractivity contribution < 1.29 is 9.84 Å². The second-order valence-corrected chi connectivity index (χ2v) is 6.65. The van der Waals surface area contributed by atoms with E-state index in [9.17, 15) is 5.11 Å². The van der Waals surface area contributed by atoms with Crippen molar-refractivity contribution >= 4 is 0 Å². The van der Waals surface area contributed by atoms with Gasteiger partial charge in [-0.3, -0.25) is 4.90 Å². The molecule has 0 bridgehead atoms. The Morgan fingerprint density at radius 2 is 1.78 bits per heavy atom. The standard InChI is InChI=1S/C20H23NO2/c22-18-13-21(12-15-6-2-1-3-7-15)14-20(18)23-19-11-10-16-8-4-5-9-17(16)19/h1-9,18-20,22H,10-14H2. The summed E-state index contributed by atoms with van der Waals surface area (Å²) < 4.78 is 6.29. The van der Waals surface area contributed by atoms with Crippen LogP contribution in [0, 0.1) is 0 Å². The number of aliphatic hydroxyl groups excluding tert-OH is 1. The van der Waals surface area contributed by atoms with Gasteiger partial charge in [-0.05, 0) is 29.5 Å². The van der Waals surface area contributed by atoms with Gasteiger partial charge in [0.05, 0.1) is 18.3 Å². The lowest BCUT2D eigenvalue weighted by atomic mass is 10.1. The highest BCUT2D eigenvalue weighted by molar-refractivity contribution is 5.33. The Hall–Kier alpha value is -1.68. The summed E-state index contributed by atoms with van der Waals surface area (Å²) >= 11 is 0. The van der Waals surface area contributed by atoms with Crippen LogP contribution >= 0.6 is 0 Å². The van der Waals surface area contributed by atoms with Crippen molar-refractivity contribution in [1.82, 2.24) is 4.90 Å². The van der Waals surface area contributed by atoms with E-state index in [2.05, 4.69) is 53.4 Å². The van der Waals surface area contributed by atoms with Crippen molar-refractivity contribution in [2.45, 2.75) is 37.7 Å². The number of benzene rings is 2. The molecular weight excluding hydrogens is 286 g/mol. The summed E-state index contributed by atoms with van der Waals surface area (Å²) in [5.41, 5.74) is 3.99. The van der Waals surface area contributed by atoms with Crippen LogP contribution in [-0.2, 0) is 17.7 Å². The normalized spacial score (nSPS) is 27.3. The van der Waals surface area contributed by atoms with Crippen LogP contribution in [0.5, 0.6) is 0 Å². The molecule has 120 valence electrons. The fraction of sp³-hybridized carbons (Fsp3) is 0.400. The molecule has 1 heterocycles. The molecule has 3 atom stereocenters. The van der Waals surface area contributed by atoms with Gasteiger partial charge < -0.3 is 9.84 Å². The van der Waals surface area contributed by atoms with Crippen molar-refractivity contribution in [3.05, 3.63) is 71.3 Å². The molecule has 0 radical (unpaired) electrons. The van der Waals surface area contributed by atoms with Gasteiger partial charge in [0, 0.05) is 19.6 Å². The zero-order chi connectivity index (χ0) is 15.6. The number of likely N-dealkylation sites (tertiary alicyclic amines) is 1. The third-order valence-corrected chi connectivity index (χ3v) is 4.98. The van der Waals surface area contributed by atoms with E-state index in [0.717, 1.165) is 25.9 Å². The Bertz CT molecular complexity index is 658. The zero-order valence-corrected chi connectivity index (χ0v) is 13.3. The van der Waals surface area contributed by atoms with Gasteiger partial charge in [0.15, 0.2) is 0 Å². The second-order valence-electron chi connectivity index (χ2n) is 6.65. The largest absolute Gasteiger partial charge is 0.389 e. The van der Waals surface area contributed by atoms with Gasteiger partial charge >= 0.3 is 0 Å². The molecule has 4 rings (SSSR count). The van der Waals surface area contributed by atoms with Crippen LogP contribution in [0.3, 0.4) is 0 Å². The number of hydrogen-bond donors (Lipinski definition) is 1. The predicted octanol–water partition coefficient (Wildman–Crippen LogP) is 2.94. The van der Waals surface area contributed by atoms with Gasteiger partial charge in [-0.25, -0.2) is 0 Å². The van der Waals surface area contributed by atoms with E-state index < -0.39 is 6.10 Å². The highest BCUT2D eigenvalue weighted by Gasteiger charge is 2.35. The second kappa shape index (κ2) is 6.44. The monoisotopic (exact) mass is 309 g/mol. The average molecular weight is 309 g/mol. The van der Waals surface area contributed by atoms with Crippen molar-refractivity contribution in [1.29, 1.82) is 0 Å². The van der Waals surface area contributed by atoms with Crippen molar-refractivity contribution in [3.63, 3.8) is 0 Å². The molecule has 1 N–H and O–H groups in total. The zero-order valence-electron chi connectivity index (χ0n) is 13.3. The van der Waals surface area contributed by atoms with Crippen molar-refractivity contribution in [2.75, 3.05) is 13.1 Å². The maximum Gasteiger partial charge on any atom is 0.0981 e. The lowest BCUT2D eigenvalue weighted by Gasteiger charge is -2.21. The molecule has 2 aromatic rings. The Morgan fingerprint density at radius 3 is 2.65 bits per heavy atom. The maximum atomic E-state index is 10.4. The van der Waals surface area contributed by atoms with E-state index in [4.69, 9.17) is 4.74 Å². The molecule has 1 aliphatic carbocycles. The molecule has 2 aliphatic rings. The summed E-state index contributed by atoms with van der Waals surface area (Å²) in [6.07, 6.45) is 1.77. The number of aryl methyl sites for hydroxylation is 1. The van der Waals surface area contributed by atoms with Crippen LogP contribution in [0.2, 0.25) is 0 Å². The molecule has 1 aliphatic heterocycles. The van der Waals surface area contributed by atoms with E-state index >= 15 is 0 Å². The van der Waals surface area contributed by atoms with E-state index in [-0.39, 0.29) is 12.2 Å². The predicted molar refractivity (Wildman–Crippen MR) is 90.1 cm³/mol. The minimum Gasteiger partial charge on any atom is -0.389 e. The molecule has 1 fully saturated rings. The van der Waals surface area contributed by atoms with Crippen molar-refractivity contribution in [2.24, 2.45) is 0 Å². The average Bonchev–Trinajstić information content (AvgIpc) is 3.13. The molecule has 3 heteroatoms. The van der Waals surface area contributed by atoms with Crippen LogP contribution < -0.4 is 0 Å². The van der Waals surface area contributed by atoms with Gasteiger partial charge in [0.25, 0.3) is 0 Å². The summed E-state index contributed by atoms with van der Waals surface area (Å²) in [6, 6.07) is 18.9. The molecular formula is C20H23NO2. The SMILES string of the molecule is OC1CN(Cc2ccccc2)CC1OC1CCc2ccccc21. The first kappa shape index (κ1) is 14.9. The molecule has 1 saturated heterocycles. The summed E-state index contributed by atoms with van der Waals surface area (Å²) in [5.74, 6) is 0. The smallest absolute Gasteiger partial charge is 0.0981 e. The molecule has 23 heavy (non-hydrogen) atoms. The third kappa shape index (κ3) is 3.18. The van der Waals surface area contributed by atoms with Crippen LogP contribution in [0.1, 0.15) is 29.2 Å². The maximum absolute atomic E-state index is 10.4. The number of rotatable bonds is 4. The van der Waals surface area contributed by atoms with E-state index in [1.165, 1.54) is 16.7 Å². The molecule has 3 unspecified atom stereocenters. The Labute approximate surface area is 137 Å². The van der Waals surface area contributed by atoms with E-state index in [0.29, 0.717) is 6.54 Å². The Balaban J connectivity index is 1.39. The number of fused-ring (bicyclic) bond motifs is 1. The van der Waals surface area contributed by atoms with Gasteiger partial charge in [0.2, 0.25) is 0 Å². The fourth-order valence-electron chi connectivity index (χ4n) is 3.81. The van der Waals surface area contributed by atoms with Gasteiger partial charge in [-0.2, -0.15) is 0 Å². The van der Waals surface area contributed by atoms with E-state index in [1.807, 2.05) is 6.07 Å². The lowest BCUT2D eigenvalue weighted by Crippen LogP contribution is -2.28. The molecule has 0 amide bonds. The van der Waals surface area contributed by atoms with Crippen LogP contribution in [-0.4, -0.2) is 35.3 Å². The van der Waals surface area contributed by atoms with Crippen LogP contribution in [0.4, 0.5) is 0 Å². The summed E-state index contributed by atoms with van der Waals surface area (Å²) in [5, 5.41) is 10.4. The van der Waals surface area contributed by atoms with Gasteiger partial charge in [-0.1, -0.05) is 54.6 Å².